The molecule has 0 spiro atoms. The molecular weight excluding hydrogens is 186 g/mol. The third-order valence-corrected chi connectivity index (χ3v) is 2.19. The molecule has 2 heteroatoms. The van der Waals surface area contributed by atoms with Crippen LogP contribution < -0.4 is 5.32 Å². The zero-order valence-electron chi connectivity index (χ0n) is 10.1. The molecule has 0 aromatic heterocycles. The summed E-state index contributed by atoms with van der Waals surface area (Å²) in [7, 11) is 0. The van der Waals surface area contributed by atoms with Crippen LogP contribution in [0.15, 0.2) is 35.5 Å². The van der Waals surface area contributed by atoms with Gasteiger partial charge in [0.15, 0.2) is 0 Å². The minimum atomic E-state index is 0.0918. The molecule has 2 nitrogen and oxygen atoms in total. The third kappa shape index (κ3) is 6.72. The van der Waals surface area contributed by atoms with Gasteiger partial charge in [-0.3, -0.25) is 4.79 Å². The summed E-state index contributed by atoms with van der Waals surface area (Å²) in [5.74, 6) is 0.0918. The SMILES string of the molecule is C\C=C/C=C(C)\C(C)=C\CNC(=O)CC. The van der Waals surface area contributed by atoms with E-state index in [1.165, 1.54) is 11.1 Å². The Bertz CT molecular complexity index is 285. The number of hydrogen-bond acceptors (Lipinski definition) is 1. The summed E-state index contributed by atoms with van der Waals surface area (Å²) in [6, 6.07) is 0. The Morgan fingerprint density at radius 2 is 1.93 bits per heavy atom. The van der Waals surface area contributed by atoms with Crippen LogP contribution in [0, 0.1) is 0 Å². The molecular formula is C13H21NO. The van der Waals surface area contributed by atoms with Crippen LogP contribution in [0.25, 0.3) is 0 Å². The fraction of sp³-hybridized carbons (Fsp3) is 0.462. The number of allylic oxidation sites excluding steroid dienone is 5. The van der Waals surface area contributed by atoms with Crippen molar-refractivity contribution in [1.29, 1.82) is 0 Å². The molecule has 0 aromatic rings. The number of nitrogens with one attached hydrogen (secondary N) is 1. The Morgan fingerprint density at radius 3 is 2.47 bits per heavy atom. The van der Waals surface area contributed by atoms with E-state index in [-0.39, 0.29) is 5.91 Å². The highest BCUT2D eigenvalue weighted by molar-refractivity contribution is 5.75. The molecule has 0 bridgehead atoms. The monoisotopic (exact) mass is 207 g/mol. The van der Waals surface area contributed by atoms with Crippen molar-refractivity contribution in [3.8, 4) is 0 Å². The summed E-state index contributed by atoms with van der Waals surface area (Å²) in [4.78, 5) is 11.0. The Morgan fingerprint density at radius 1 is 1.27 bits per heavy atom. The topological polar surface area (TPSA) is 29.1 Å². The maximum absolute atomic E-state index is 11.0. The van der Waals surface area contributed by atoms with Gasteiger partial charge in [-0.05, 0) is 26.3 Å². The van der Waals surface area contributed by atoms with Crippen molar-refractivity contribution in [2.75, 3.05) is 6.54 Å². The van der Waals surface area contributed by atoms with Crippen LogP contribution in [0.1, 0.15) is 34.1 Å². The number of carbonyl (C=O) groups excluding carboxylic acids is 1. The number of rotatable bonds is 5. The van der Waals surface area contributed by atoms with Crippen LogP contribution in [-0.2, 0) is 4.79 Å². The molecule has 15 heavy (non-hydrogen) atoms. The van der Waals surface area contributed by atoms with Gasteiger partial charge in [-0.1, -0.05) is 36.8 Å². The first-order valence-corrected chi connectivity index (χ1v) is 5.35. The van der Waals surface area contributed by atoms with Gasteiger partial charge in [-0.2, -0.15) is 0 Å². The van der Waals surface area contributed by atoms with Gasteiger partial charge in [0.1, 0.15) is 0 Å². The molecule has 0 saturated carbocycles. The maximum Gasteiger partial charge on any atom is 0.219 e. The van der Waals surface area contributed by atoms with E-state index in [1.54, 1.807) is 0 Å². The summed E-state index contributed by atoms with van der Waals surface area (Å²) >= 11 is 0. The number of hydrogen-bond donors (Lipinski definition) is 1. The third-order valence-electron chi connectivity index (χ3n) is 2.19. The fourth-order valence-corrected chi connectivity index (χ4v) is 0.976. The molecule has 0 aliphatic rings. The first-order valence-electron chi connectivity index (χ1n) is 5.35. The average molecular weight is 207 g/mol. The van der Waals surface area contributed by atoms with Crippen molar-refractivity contribution >= 4 is 5.91 Å². The van der Waals surface area contributed by atoms with Gasteiger partial charge in [-0.15, -0.1) is 0 Å². The lowest BCUT2D eigenvalue weighted by atomic mass is 10.1. The van der Waals surface area contributed by atoms with E-state index >= 15 is 0 Å². The van der Waals surface area contributed by atoms with Gasteiger partial charge < -0.3 is 5.32 Å². The lowest BCUT2D eigenvalue weighted by molar-refractivity contribution is -0.120. The summed E-state index contributed by atoms with van der Waals surface area (Å²) in [6.45, 7) is 8.56. The van der Waals surface area contributed by atoms with Gasteiger partial charge in [0.2, 0.25) is 5.91 Å². The summed E-state index contributed by atoms with van der Waals surface area (Å²) < 4.78 is 0. The Kier molecular flexibility index (Phi) is 7.33. The molecule has 0 aliphatic carbocycles. The molecule has 1 amide bonds. The number of carbonyl (C=O) groups is 1. The predicted molar refractivity (Wildman–Crippen MR) is 65.6 cm³/mol. The standard InChI is InChI=1S/C13H21NO/c1-5-7-8-11(3)12(4)9-10-14-13(15)6-2/h5,7-9H,6,10H2,1-4H3,(H,14,15)/b7-5-,11-8-,12-9+. The van der Waals surface area contributed by atoms with Crippen LogP contribution in [0.2, 0.25) is 0 Å². The second-order valence-corrected chi connectivity index (χ2v) is 3.42. The molecule has 0 unspecified atom stereocenters. The normalized spacial score (nSPS) is 13.3. The molecule has 0 rings (SSSR count). The Hall–Kier alpha value is -1.31. The van der Waals surface area contributed by atoms with E-state index < -0.39 is 0 Å². The Balaban J connectivity index is 4.14. The molecule has 0 aliphatic heterocycles. The van der Waals surface area contributed by atoms with Crippen LogP contribution in [-0.4, -0.2) is 12.5 Å². The van der Waals surface area contributed by atoms with Crippen molar-refractivity contribution in [2.45, 2.75) is 34.1 Å². The largest absolute Gasteiger partial charge is 0.353 e. The van der Waals surface area contributed by atoms with Gasteiger partial charge in [0.05, 0.1) is 0 Å². The molecule has 84 valence electrons. The van der Waals surface area contributed by atoms with Crippen LogP contribution in [0.4, 0.5) is 0 Å². The second-order valence-electron chi connectivity index (χ2n) is 3.42. The van der Waals surface area contributed by atoms with E-state index in [1.807, 2.05) is 39.0 Å². The van der Waals surface area contributed by atoms with Crippen molar-refractivity contribution in [2.24, 2.45) is 0 Å². The highest BCUT2D eigenvalue weighted by atomic mass is 16.1. The predicted octanol–water partition coefficient (Wildman–Crippen LogP) is 2.98. The quantitative estimate of drug-likeness (QED) is 0.690. The zero-order chi connectivity index (χ0) is 11.7. The molecule has 0 fully saturated rings. The first kappa shape index (κ1) is 13.7. The van der Waals surface area contributed by atoms with Crippen LogP contribution >= 0.6 is 0 Å². The fourth-order valence-electron chi connectivity index (χ4n) is 0.976. The second kappa shape index (κ2) is 8.04. The van der Waals surface area contributed by atoms with Crippen LogP contribution in [0.3, 0.4) is 0 Å². The minimum Gasteiger partial charge on any atom is -0.353 e. The molecule has 1 N–H and O–H groups in total. The van der Waals surface area contributed by atoms with Gasteiger partial charge in [-0.25, -0.2) is 0 Å². The zero-order valence-corrected chi connectivity index (χ0v) is 10.1. The van der Waals surface area contributed by atoms with E-state index in [0.717, 1.165) is 0 Å². The Labute approximate surface area is 92.8 Å². The van der Waals surface area contributed by atoms with Crippen molar-refractivity contribution in [3.63, 3.8) is 0 Å². The van der Waals surface area contributed by atoms with Gasteiger partial charge in [0, 0.05) is 13.0 Å². The average Bonchev–Trinajstić information content (AvgIpc) is 2.25. The summed E-state index contributed by atoms with van der Waals surface area (Å²) in [6.07, 6.45) is 8.64. The summed E-state index contributed by atoms with van der Waals surface area (Å²) in [5.41, 5.74) is 2.42. The van der Waals surface area contributed by atoms with E-state index in [9.17, 15) is 4.79 Å². The van der Waals surface area contributed by atoms with E-state index in [2.05, 4.69) is 18.3 Å². The molecule has 0 atom stereocenters. The van der Waals surface area contributed by atoms with Crippen molar-refractivity contribution in [1.82, 2.24) is 5.32 Å². The maximum atomic E-state index is 11.0. The highest BCUT2D eigenvalue weighted by Crippen LogP contribution is 2.07. The molecule has 0 heterocycles. The van der Waals surface area contributed by atoms with E-state index in [4.69, 9.17) is 0 Å². The molecule has 0 aromatic carbocycles. The van der Waals surface area contributed by atoms with Crippen LogP contribution in [0.5, 0.6) is 0 Å². The minimum absolute atomic E-state index is 0.0918. The molecule has 0 saturated heterocycles. The van der Waals surface area contributed by atoms with Gasteiger partial charge >= 0.3 is 0 Å². The smallest absolute Gasteiger partial charge is 0.219 e. The number of amides is 1. The van der Waals surface area contributed by atoms with Gasteiger partial charge in [0.25, 0.3) is 0 Å². The first-order chi connectivity index (χ1) is 7.11. The lowest BCUT2D eigenvalue weighted by Gasteiger charge is -2.02. The summed E-state index contributed by atoms with van der Waals surface area (Å²) in [5, 5.41) is 2.81. The van der Waals surface area contributed by atoms with Crippen molar-refractivity contribution in [3.05, 3.63) is 35.5 Å². The molecule has 0 radical (unpaired) electrons. The highest BCUT2D eigenvalue weighted by Gasteiger charge is 1.94. The lowest BCUT2D eigenvalue weighted by Crippen LogP contribution is -2.22. The van der Waals surface area contributed by atoms with E-state index in [0.29, 0.717) is 13.0 Å². The van der Waals surface area contributed by atoms with Crippen molar-refractivity contribution < 1.29 is 4.79 Å².